The molecule has 1 aliphatic heterocycles. The van der Waals surface area contributed by atoms with Gasteiger partial charge in [0.05, 0.1) is 5.69 Å². The summed E-state index contributed by atoms with van der Waals surface area (Å²) in [6.07, 6.45) is 1.20. The first-order valence-corrected chi connectivity index (χ1v) is 7.77. The average molecular weight is 306 g/mol. The van der Waals surface area contributed by atoms with Gasteiger partial charge in [0.2, 0.25) is 5.91 Å². The van der Waals surface area contributed by atoms with Crippen LogP contribution in [0.15, 0.2) is 12.1 Å². The van der Waals surface area contributed by atoms with E-state index >= 15 is 0 Å². The Labute approximate surface area is 130 Å². The van der Waals surface area contributed by atoms with E-state index in [1.54, 1.807) is 17.9 Å². The molecule has 0 radical (unpaired) electrons. The molecule has 0 unspecified atom stereocenters. The van der Waals surface area contributed by atoms with Crippen molar-refractivity contribution in [1.29, 1.82) is 0 Å². The van der Waals surface area contributed by atoms with Crippen LogP contribution < -0.4 is 4.90 Å². The Balaban J connectivity index is 2.18. The van der Waals surface area contributed by atoms with Gasteiger partial charge in [0.15, 0.2) is 5.78 Å². The smallest absolute Gasteiger partial charge is 0.219 e. The van der Waals surface area contributed by atoms with Crippen molar-refractivity contribution < 1.29 is 14.0 Å². The Kier molecular flexibility index (Phi) is 5.16. The molecular weight excluding hydrogens is 283 g/mol. The van der Waals surface area contributed by atoms with Gasteiger partial charge in [-0.25, -0.2) is 4.39 Å². The van der Waals surface area contributed by atoms with Crippen LogP contribution in [0, 0.1) is 12.7 Å². The number of carbonyl (C=O) groups is 2. The largest absolute Gasteiger partial charge is 0.366 e. The molecule has 4 nitrogen and oxygen atoms in total. The first kappa shape index (κ1) is 16.5. The summed E-state index contributed by atoms with van der Waals surface area (Å²) in [6, 6.07) is 3.11. The molecular formula is C17H23FN2O2. The van der Waals surface area contributed by atoms with Crippen molar-refractivity contribution in [2.75, 3.05) is 31.1 Å². The molecule has 0 bridgehead atoms. The van der Waals surface area contributed by atoms with Gasteiger partial charge in [0, 0.05) is 45.1 Å². The maximum Gasteiger partial charge on any atom is 0.219 e. The highest BCUT2D eigenvalue weighted by Gasteiger charge is 2.22. The molecule has 0 saturated carbocycles. The number of nitrogens with zero attached hydrogens (tertiary/aromatic N) is 2. The molecule has 0 aromatic heterocycles. The molecule has 1 aliphatic rings. The first-order valence-electron chi connectivity index (χ1n) is 7.77. The van der Waals surface area contributed by atoms with Gasteiger partial charge < -0.3 is 9.80 Å². The Morgan fingerprint density at radius 1 is 1.18 bits per heavy atom. The highest BCUT2D eigenvalue weighted by Crippen LogP contribution is 2.26. The van der Waals surface area contributed by atoms with Crippen LogP contribution in [-0.2, 0) is 4.79 Å². The van der Waals surface area contributed by atoms with Crippen LogP contribution in [0.5, 0.6) is 0 Å². The van der Waals surface area contributed by atoms with Gasteiger partial charge in [-0.3, -0.25) is 9.59 Å². The van der Waals surface area contributed by atoms with E-state index in [1.807, 2.05) is 18.7 Å². The van der Waals surface area contributed by atoms with Crippen molar-refractivity contribution in [3.63, 3.8) is 0 Å². The quantitative estimate of drug-likeness (QED) is 0.803. The summed E-state index contributed by atoms with van der Waals surface area (Å²) in [7, 11) is 0. The number of carbonyl (C=O) groups excluding carboxylic acids is 2. The third-order valence-corrected chi connectivity index (χ3v) is 4.14. The van der Waals surface area contributed by atoms with Crippen molar-refractivity contribution >= 4 is 17.4 Å². The zero-order valence-corrected chi connectivity index (χ0v) is 13.5. The van der Waals surface area contributed by atoms with Crippen LogP contribution in [0.25, 0.3) is 0 Å². The number of amides is 1. The second-order valence-corrected chi connectivity index (χ2v) is 5.78. The molecule has 0 N–H and O–H groups in total. The Hall–Kier alpha value is -1.91. The molecule has 0 spiro atoms. The maximum absolute atomic E-state index is 14.4. The molecule has 0 aliphatic carbocycles. The number of hydrogen-bond acceptors (Lipinski definition) is 3. The van der Waals surface area contributed by atoms with Crippen LogP contribution in [0.3, 0.4) is 0 Å². The molecule has 1 aromatic carbocycles. The van der Waals surface area contributed by atoms with Gasteiger partial charge >= 0.3 is 0 Å². The van der Waals surface area contributed by atoms with E-state index in [4.69, 9.17) is 0 Å². The van der Waals surface area contributed by atoms with Crippen LogP contribution in [0.2, 0.25) is 0 Å². The molecule has 1 amide bonds. The highest BCUT2D eigenvalue weighted by molar-refractivity contribution is 5.97. The summed E-state index contributed by atoms with van der Waals surface area (Å²) in [6.45, 7) is 7.75. The van der Waals surface area contributed by atoms with Crippen molar-refractivity contribution in [3.8, 4) is 0 Å². The minimum absolute atomic E-state index is 0.00755. The first-order chi connectivity index (χ1) is 10.4. The third kappa shape index (κ3) is 3.46. The fraction of sp³-hybridized carbons (Fsp3) is 0.529. The zero-order valence-electron chi connectivity index (χ0n) is 13.5. The molecule has 0 atom stereocenters. The fourth-order valence-corrected chi connectivity index (χ4v) is 2.83. The lowest BCUT2D eigenvalue weighted by atomic mass is 10.00. The molecule has 1 saturated heterocycles. The van der Waals surface area contributed by atoms with Gasteiger partial charge in [-0.15, -0.1) is 0 Å². The second-order valence-electron chi connectivity index (χ2n) is 5.78. The predicted octanol–water partition coefficient (Wildman–Crippen LogP) is 2.79. The third-order valence-electron chi connectivity index (χ3n) is 4.14. The number of benzene rings is 1. The Morgan fingerprint density at radius 3 is 2.36 bits per heavy atom. The molecule has 120 valence electrons. The maximum atomic E-state index is 14.4. The van der Waals surface area contributed by atoms with Crippen molar-refractivity contribution in [3.05, 3.63) is 29.1 Å². The van der Waals surface area contributed by atoms with Gasteiger partial charge in [0.25, 0.3) is 0 Å². The predicted molar refractivity (Wildman–Crippen MR) is 84.8 cm³/mol. The fourth-order valence-electron chi connectivity index (χ4n) is 2.83. The van der Waals surface area contributed by atoms with E-state index in [2.05, 4.69) is 0 Å². The topological polar surface area (TPSA) is 40.6 Å². The summed E-state index contributed by atoms with van der Waals surface area (Å²) >= 11 is 0. The number of anilines is 1. The van der Waals surface area contributed by atoms with E-state index in [9.17, 15) is 14.0 Å². The summed E-state index contributed by atoms with van der Waals surface area (Å²) in [5.74, 6) is -0.315. The van der Waals surface area contributed by atoms with E-state index < -0.39 is 0 Å². The summed E-state index contributed by atoms with van der Waals surface area (Å²) in [4.78, 5) is 27.0. The number of rotatable bonds is 4. The van der Waals surface area contributed by atoms with Crippen LogP contribution in [0.1, 0.15) is 42.6 Å². The van der Waals surface area contributed by atoms with Crippen LogP contribution in [-0.4, -0.2) is 42.8 Å². The molecule has 1 fully saturated rings. The number of hydrogen-bond donors (Lipinski definition) is 0. The highest BCUT2D eigenvalue weighted by atomic mass is 19.1. The monoisotopic (exact) mass is 306 g/mol. The van der Waals surface area contributed by atoms with Crippen LogP contribution in [0.4, 0.5) is 10.1 Å². The molecule has 22 heavy (non-hydrogen) atoms. The molecule has 1 aromatic rings. The van der Waals surface area contributed by atoms with Crippen molar-refractivity contribution in [2.45, 2.75) is 33.6 Å². The number of halogens is 1. The van der Waals surface area contributed by atoms with E-state index in [1.165, 1.54) is 6.07 Å². The lowest BCUT2D eigenvalue weighted by Gasteiger charge is -2.36. The minimum atomic E-state index is -0.360. The molecule has 5 heteroatoms. The van der Waals surface area contributed by atoms with Gasteiger partial charge in [0.1, 0.15) is 5.82 Å². The normalized spacial score (nSPS) is 15.1. The van der Waals surface area contributed by atoms with Gasteiger partial charge in [-0.1, -0.05) is 6.92 Å². The summed E-state index contributed by atoms with van der Waals surface area (Å²) in [5, 5.41) is 0. The van der Waals surface area contributed by atoms with Gasteiger partial charge in [-0.2, -0.15) is 0 Å². The zero-order chi connectivity index (χ0) is 16.3. The summed E-state index contributed by atoms with van der Waals surface area (Å²) < 4.78 is 14.4. The molecule has 1 heterocycles. The number of piperazine rings is 1. The SMILES string of the molecule is CCCC(=O)c1cc(F)c(N2CCN(C(C)=O)CC2)cc1C. The van der Waals surface area contributed by atoms with E-state index in [-0.39, 0.29) is 17.5 Å². The van der Waals surface area contributed by atoms with E-state index in [0.717, 1.165) is 12.0 Å². The second kappa shape index (κ2) is 6.90. The number of Topliss-reactive ketones (excluding diaryl/α,β-unsaturated/α-hetero) is 1. The van der Waals surface area contributed by atoms with E-state index in [0.29, 0.717) is 43.9 Å². The standard InChI is InChI=1S/C17H23FN2O2/c1-4-5-17(22)14-11-15(18)16(10-12(14)2)20-8-6-19(7-9-20)13(3)21/h10-11H,4-9H2,1-3H3. The average Bonchev–Trinajstić information content (AvgIpc) is 2.49. The van der Waals surface area contributed by atoms with Gasteiger partial charge in [-0.05, 0) is 31.0 Å². The lowest BCUT2D eigenvalue weighted by molar-refractivity contribution is -0.129. The number of ketones is 1. The lowest BCUT2D eigenvalue weighted by Crippen LogP contribution is -2.48. The van der Waals surface area contributed by atoms with Crippen molar-refractivity contribution in [1.82, 2.24) is 4.90 Å². The Morgan fingerprint density at radius 2 is 1.82 bits per heavy atom. The van der Waals surface area contributed by atoms with Crippen LogP contribution >= 0.6 is 0 Å². The minimum Gasteiger partial charge on any atom is -0.366 e. The number of aryl methyl sites for hydroxylation is 1. The van der Waals surface area contributed by atoms with Crippen molar-refractivity contribution in [2.24, 2.45) is 0 Å². The molecule has 2 rings (SSSR count). The Bertz CT molecular complexity index is 578. The summed E-state index contributed by atoms with van der Waals surface area (Å²) in [5.41, 5.74) is 1.81.